The van der Waals surface area contributed by atoms with Gasteiger partial charge in [-0.2, -0.15) is 0 Å². The van der Waals surface area contributed by atoms with E-state index in [1.807, 2.05) is 0 Å². The van der Waals surface area contributed by atoms with Crippen LogP contribution >= 0.6 is 35.0 Å². The van der Waals surface area contributed by atoms with Gasteiger partial charge in [0.05, 0.1) is 10.7 Å². The number of rotatable bonds is 5. The third kappa shape index (κ3) is 5.23. The highest BCUT2D eigenvalue weighted by molar-refractivity contribution is 7.99. The van der Waals surface area contributed by atoms with Gasteiger partial charge < -0.3 is 5.32 Å². The average Bonchev–Trinajstić information content (AvgIpc) is 2.45. The molecule has 2 rings (SSSR count). The molecule has 0 saturated heterocycles. The average molecular weight is 344 g/mol. The van der Waals surface area contributed by atoms with Gasteiger partial charge in [0.15, 0.2) is 0 Å². The summed E-state index contributed by atoms with van der Waals surface area (Å²) in [6.45, 7) is 0. The monoisotopic (exact) mass is 343 g/mol. The molecule has 0 aromatic heterocycles. The maximum Gasteiger partial charge on any atom is 0.225 e. The normalized spacial score (nSPS) is 10.4. The SMILES string of the molecule is O=C(CCSc1ccc(F)cc1)Nc1cc(Cl)ccc1Cl. The molecule has 2 aromatic carbocycles. The predicted molar refractivity (Wildman–Crippen MR) is 86.8 cm³/mol. The Morgan fingerprint density at radius 1 is 1.14 bits per heavy atom. The van der Waals surface area contributed by atoms with Crippen LogP contribution in [0.2, 0.25) is 10.0 Å². The number of carbonyl (C=O) groups is 1. The smallest absolute Gasteiger partial charge is 0.225 e. The largest absolute Gasteiger partial charge is 0.325 e. The van der Waals surface area contributed by atoms with E-state index in [4.69, 9.17) is 23.2 Å². The van der Waals surface area contributed by atoms with E-state index >= 15 is 0 Å². The van der Waals surface area contributed by atoms with E-state index in [-0.39, 0.29) is 11.7 Å². The van der Waals surface area contributed by atoms with Gasteiger partial charge in [0.25, 0.3) is 0 Å². The molecule has 0 heterocycles. The summed E-state index contributed by atoms with van der Waals surface area (Å²) in [4.78, 5) is 12.8. The number of anilines is 1. The highest BCUT2D eigenvalue weighted by atomic mass is 35.5. The Balaban J connectivity index is 1.82. The minimum absolute atomic E-state index is 0.145. The Labute approximate surface area is 136 Å². The highest BCUT2D eigenvalue weighted by Gasteiger charge is 2.07. The van der Waals surface area contributed by atoms with Crippen molar-refractivity contribution in [2.45, 2.75) is 11.3 Å². The summed E-state index contributed by atoms with van der Waals surface area (Å²) in [5.41, 5.74) is 0.501. The Morgan fingerprint density at radius 2 is 1.86 bits per heavy atom. The zero-order valence-electron chi connectivity index (χ0n) is 10.9. The molecule has 2 nitrogen and oxygen atoms in total. The standard InChI is InChI=1S/C15H12Cl2FNOS/c16-10-1-6-13(17)14(9-10)19-15(20)7-8-21-12-4-2-11(18)3-5-12/h1-6,9H,7-8H2,(H,19,20). The fourth-order valence-electron chi connectivity index (χ4n) is 1.60. The van der Waals surface area contributed by atoms with Crippen molar-refractivity contribution in [1.29, 1.82) is 0 Å². The molecule has 0 atom stereocenters. The third-order valence-electron chi connectivity index (χ3n) is 2.61. The Hall–Kier alpha value is -1.23. The van der Waals surface area contributed by atoms with Crippen LogP contribution in [0.15, 0.2) is 47.4 Å². The number of halogens is 3. The van der Waals surface area contributed by atoms with Crippen molar-refractivity contribution in [2.24, 2.45) is 0 Å². The van der Waals surface area contributed by atoms with Gasteiger partial charge in [0.1, 0.15) is 5.82 Å². The Kier molecular flexibility index (Phi) is 5.91. The lowest BCUT2D eigenvalue weighted by Crippen LogP contribution is -2.12. The summed E-state index contributed by atoms with van der Waals surface area (Å²) >= 11 is 13.3. The summed E-state index contributed by atoms with van der Waals surface area (Å²) in [5.74, 6) is 0.178. The van der Waals surface area contributed by atoms with Crippen LogP contribution in [0.25, 0.3) is 0 Å². The summed E-state index contributed by atoms with van der Waals surface area (Å²) in [7, 11) is 0. The van der Waals surface area contributed by atoms with Gasteiger partial charge in [-0.15, -0.1) is 11.8 Å². The van der Waals surface area contributed by atoms with Crippen molar-refractivity contribution in [3.8, 4) is 0 Å². The fourth-order valence-corrected chi connectivity index (χ4v) is 2.79. The number of thioether (sulfide) groups is 1. The quantitative estimate of drug-likeness (QED) is 0.750. The minimum atomic E-state index is -0.271. The lowest BCUT2D eigenvalue weighted by atomic mass is 10.3. The van der Waals surface area contributed by atoms with Crippen LogP contribution in [-0.4, -0.2) is 11.7 Å². The van der Waals surface area contributed by atoms with Crippen LogP contribution in [0.1, 0.15) is 6.42 Å². The molecular weight excluding hydrogens is 332 g/mol. The topological polar surface area (TPSA) is 29.1 Å². The second-order valence-corrected chi connectivity index (χ2v) is 6.24. The summed E-state index contributed by atoms with van der Waals surface area (Å²) < 4.78 is 12.8. The molecule has 110 valence electrons. The number of nitrogens with one attached hydrogen (secondary N) is 1. The van der Waals surface area contributed by atoms with Crippen LogP contribution < -0.4 is 5.32 Å². The van der Waals surface area contributed by atoms with Crippen LogP contribution in [0.4, 0.5) is 10.1 Å². The zero-order valence-corrected chi connectivity index (χ0v) is 13.2. The molecule has 2 aromatic rings. The number of benzene rings is 2. The van der Waals surface area contributed by atoms with Gasteiger partial charge in [-0.25, -0.2) is 4.39 Å². The van der Waals surface area contributed by atoms with Crippen LogP contribution in [0, 0.1) is 5.82 Å². The molecule has 0 aliphatic carbocycles. The first-order valence-electron chi connectivity index (χ1n) is 6.18. The molecule has 0 radical (unpaired) electrons. The van der Waals surface area contributed by atoms with Crippen molar-refractivity contribution < 1.29 is 9.18 Å². The van der Waals surface area contributed by atoms with E-state index in [0.29, 0.717) is 27.9 Å². The highest BCUT2D eigenvalue weighted by Crippen LogP contribution is 2.26. The summed E-state index contributed by atoms with van der Waals surface area (Å²) in [6, 6.07) is 11.1. The van der Waals surface area contributed by atoms with Crippen molar-refractivity contribution in [2.75, 3.05) is 11.1 Å². The van der Waals surface area contributed by atoms with Gasteiger partial charge in [0.2, 0.25) is 5.91 Å². The molecule has 0 bridgehead atoms. The van der Waals surface area contributed by atoms with E-state index in [2.05, 4.69) is 5.32 Å². The molecule has 0 aliphatic rings. The zero-order chi connectivity index (χ0) is 15.2. The maximum atomic E-state index is 12.8. The Bertz CT molecular complexity index is 634. The van der Waals surface area contributed by atoms with Gasteiger partial charge in [-0.1, -0.05) is 23.2 Å². The number of hydrogen-bond donors (Lipinski definition) is 1. The molecular formula is C15H12Cl2FNOS. The maximum absolute atomic E-state index is 12.8. The molecule has 0 fully saturated rings. The fraction of sp³-hybridized carbons (Fsp3) is 0.133. The van der Waals surface area contributed by atoms with Crippen molar-refractivity contribution in [1.82, 2.24) is 0 Å². The molecule has 0 aliphatic heterocycles. The molecule has 1 N–H and O–H groups in total. The van der Waals surface area contributed by atoms with Crippen LogP contribution in [0.5, 0.6) is 0 Å². The van der Waals surface area contributed by atoms with Gasteiger partial charge in [-0.05, 0) is 42.5 Å². The van der Waals surface area contributed by atoms with Gasteiger partial charge in [-0.3, -0.25) is 4.79 Å². The predicted octanol–water partition coefficient (Wildman–Crippen LogP) is 5.25. The lowest BCUT2D eigenvalue weighted by Gasteiger charge is -2.07. The first-order chi connectivity index (χ1) is 10.0. The van der Waals surface area contributed by atoms with Crippen molar-refractivity contribution in [3.63, 3.8) is 0 Å². The molecule has 1 amide bonds. The molecule has 21 heavy (non-hydrogen) atoms. The van der Waals surface area contributed by atoms with E-state index in [0.717, 1.165) is 4.90 Å². The first-order valence-corrected chi connectivity index (χ1v) is 7.92. The van der Waals surface area contributed by atoms with E-state index < -0.39 is 0 Å². The first kappa shape index (κ1) is 16.1. The van der Waals surface area contributed by atoms with E-state index in [1.54, 1.807) is 30.3 Å². The van der Waals surface area contributed by atoms with Crippen molar-refractivity contribution >= 4 is 46.6 Å². The van der Waals surface area contributed by atoms with E-state index in [9.17, 15) is 9.18 Å². The minimum Gasteiger partial charge on any atom is -0.325 e. The molecule has 0 saturated carbocycles. The molecule has 0 unspecified atom stereocenters. The number of amides is 1. The van der Waals surface area contributed by atoms with Crippen LogP contribution in [0.3, 0.4) is 0 Å². The van der Waals surface area contributed by atoms with Gasteiger partial charge >= 0.3 is 0 Å². The molecule has 6 heteroatoms. The summed E-state index contributed by atoms with van der Waals surface area (Å²) in [5, 5.41) is 3.67. The summed E-state index contributed by atoms with van der Waals surface area (Å²) in [6.07, 6.45) is 0.324. The third-order valence-corrected chi connectivity index (χ3v) is 4.19. The number of carbonyl (C=O) groups excluding carboxylic acids is 1. The van der Waals surface area contributed by atoms with Crippen LogP contribution in [-0.2, 0) is 4.79 Å². The van der Waals surface area contributed by atoms with Crippen molar-refractivity contribution in [3.05, 3.63) is 58.3 Å². The van der Waals surface area contributed by atoms with E-state index in [1.165, 1.54) is 23.9 Å². The lowest BCUT2D eigenvalue weighted by molar-refractivity contribution is -0.115. The molecule has 0 spiro atoms. The number of hydrogen-bond acceptors (Lipinski definition) is 2. The second-order valence-electron chi connectivity index (χ2n) is 4.22. The Morgan fingerprint density at radius 3 is 2.57 bits per heavy atom. The van der Waals surface area contributed by atoms with Gasteiger partial charge in [0, 0.05) is 22.1 Å². The second kappa shape index (κ2) is 7.69.